The van der Waals surface area contributed by atoms with E-state index in [1.807, 2.05) is 13.0 Å². The standard InChI is InChI=1S/C21H28O2/c1-3-10-21(23)12-9-19-18-6-4-14-13-15(22)5-7-16(14)17(18)8-11-20(19,21)2/h13,16-19,23H,4-9,11-12H2,1-2H3/t16-,17+,18+,19-,20-,21-/m0/s1. The molecule has 1 N–H and O–H groups in total. The Morgan fingerprint density at radius 3 is 2.74 bits per heavy atom. The van der Waals surface area contributed by atoms with Gasteiger partial charge < -0.3 is 5.11 Å². The second-order valence-electron chi connectivity index (χ2n) is 8.53. The van der Waals surface area contributed by atoms with Crippen LogP contribution >= 0.6 is 0 Å². The van der Waals surface area contributed by atoms with E-state index in [1.54, 1.807) is 0 Å². The SMILES string of the molecule is CC#C[C@]1(O)CC[C@H]2[C@@H]3CCC4=CC(=O)CC[C@@H]4[C@H]3CC[C@@]21C. The monoisotopic (exact) mass is 312 g/mol. The molecule has 0 aliphatic heterocycles. The van der Waals surface area contributed by atoms with E-state index >= 15 is 0 Å². The number of aliphatic hydroxyl groups is 1. The number of hydrogen-bond acceptors (Lipinski definition) is 2. The zero-order chi connectivity index (χ0) is 16.2. The summed E-state index contributed by atoms with van der Waals surface area (Å²) >= 11 is 0. The maximum Gasteiger partial charge on any atom is 0.155 e. The van der Waals surface area contributed by atoms with Gasteiger partial charge in [-0.1, -0.05) is 18.4 Å². The molecular weight excluding hydrogens is 284 g/mol. The largest absolute Gasteiger partial charge is 0.377 e. The molecule has 0 aromatic heterocycles. The van der Waals surface area contributed by atoms with Crippen molar-refractivity contribution in [2.75, 3.05) is 0 Å². The molecule has 0 heterocycles. The zero-order valence-corrected chi connectivity index (χ0v) is 14.4. The molecule has 0 aromatic rings. The lowest BCUT2D eigenvalue weighted by Crippen LogP contribution is -2.52. The van der Waals surface area contributed by atoms with Crippen LogP contribution < -0.4 is 0 Å². The number of allylic oxidation sites excluding steroid dienone is 1. The molecule has 0 unspecified atom stereocenters. The second-order valence-corrected chi connectivity index (χ2v) is 8.53. The molecule has 0 aromatic carbocycles. The molecule has 2 nitrogen and oxygen atoms in total. The van der Waals surface area contributed by atoms with Gasteiger partial charge in [0, 0.05) is 11.8 Å². The number of rotatable bonds is 0. The molecule has 0 spiro atoms. The smallest absolute Gasteiger partial charge is 0.155 e. The molecule has 0 bridgehead atoms. The van der Waals surface area contributed by atoms with Gasteiger partial charge in [-0.15, -0.1) is 5.92 Å². The first kappa shape index (κ1) is 15.5. The van der Waals surface area contributed by atoms with Gasteiger partial charge in [0.1, 0.15) is 5.60 Å². The van der Waals surface area contributed by atoms with E-state index in [-0.39, 0.29) is 5.41 Å². The van der Waals surface area contributed by atoms with Crippen molar-refractivity contribution in [3.8, 4) is 11.8 Å². The highest BCUT2D eigenvalue weighted by Gasteiger charge is 2.61. The third kappa shape index (κ3) is 2.09. The van der Waals surface area contributed by atoms with Gasteiger partial charge in [-0.2, -0.15) is 0 Å². The normalized spacial score (nSPS) is 48.5. The fourth-order valence-electron chi connectivity index (χ4n) is 6.61. The van der Waals surface area contributed by atoms with E-state index in [0.717, 1.165) is 50.4 Å². The first-order valence-electron chi connectivity index (χ1n) is 9.38. The average molecular weight is 312 g/mol. The van der Waals surface area contributed by atoms with Crippen LogP contribution in [0.5, 0.6) is 0 Å². The van der Waals surface area contributed by atoms with Gasteiger partial charge >= 0.3 is 0 Å². The number of carbonyl (C=O) groups is 1. The van der Waals surface area contributed by atoms with Gasteiger partial charge in [0.15, 0.2) is 5.78 Å². The summed E-state index contributed by atoms with van der Waals surface area (Å²) in [4.78, 5) is 11.7. The summed E-state index contributed by atoms with van der Waals surface area (Å²) in [5, 5.41) is 11.2. The minimum absolute atomic E-state index is 0.0388. The lowest BCUT2D eigenvalue weighted by molar-refractivity contribution is -0.116. The predicted octanol–water partition coefficient (Wildman–Crippen LogP) is 3.88. The highest BCUT2D eigenvalue weighted by atomic mass is 16.3. The lowest BCUT2D eigenvalue weighted by Gasteiger charge is -2.54. The molecule has 4 rings (SSSR count). The van der Waals surface area contributed by atoms with Crippen LogP contribution in [-0.4, -0.2) is 16.5 Å². The average Bonchev–Trinajstić information content (AvgIpc) is 2.79. The van der Waals surface area contributed by atoms with Crippen molar-refractivity contribution in [2.24, 2.45) is 29.1 Å². The van der Waals surface area contributed by atoms with Crippen molar-refractivity contribution in [1.29, 1.82) is 0 Å². The van der Waals surface area contributed by atoms with Crippen LogP contribution in [0.1, 0.15) is 65.2 Å². The number of ketones is 1. The summed E-state index contributed by atoms with van der Waals surface area (Å²) in [5.74, 6) is 9.19. The van der Waals surface area contributed by atoms with Gasteiger partial charge in [-0.05, 0) is 81.6 Å². The summed E-state index contributed by atoms with van der Waals surface area (Å²) in [6.07, 6.45) is 10.3. The molecule has 0 radical (unpaired) electrons. The van der Waals surface area contributed by atoms with Crippen molar-refractivity contribution >= 4 is 5.78 Å². The minimum atomic E-state index is -0.782. The van der Waals surface area contributed by atoms with Crippen molar-refractivity contribution in [1.82, 2.24) is 0 Å². The Morgan fingerprint density at radius 1 is 1.13 bits per heavy atom. The van der Waals surface area contributed by atoms with E-state index < -0.39 is 5.60 Å². The Labute approximate surface area is 139 Å². The predicted molar refractivity (Wildman–Crippen MR) is 90.5 cm³/mol. The van der Waals surface area contributed by atoms with Crippen LogP contribution in [0.15, 0.2) is 11.6 Å². The van der Waals surface area contributed by atoms with Crippen LogP contribution in [-0.2, 0) is 4.79 Å². The summed E-state index contributed by atoms with van der Waals surface area (Å²) in [5.41, 5.74) is 0.617. The topological polar surface area (TPSA) is 37.3 Å². The van der Waals surface area contributed by atoms with Gasteiger partial charge in [0.2, 0.25) is 0 Å². The highest BCUT2D eigenvalue weighted by Crippen LogP contribution is 2.64. The van der Waals surface area contributed by atoms with Crippen LogP contribution in [0.4, 0.5) is 0 Å². The number of hydrogen-bond donors (Lipinski definition) is 1. The summed E-state index contributed by atoms with van der Waals surface area (Å²) in [6, 6.07) is 0. The van der Waals surface area contributed by atoms with Crippen molar-refractivity contribution in [2.45, 2.75) is 70.8 Å². The summed E-state index contributed by atoms with van der Waals surface area (Å²) < 4.78 is 0. The van der Waals surface area contributed by atoms with Crippen LogP contribution in [0.25, 0.3) is 0 Å². The second kappa shape index (κ2) is 5.21. The van der Waals surface area contributed by atoms with Crippen molar-refractivity contribution in [3.63, 3.8) is 0 Å². The van der Waals surface area contributed by atoms with Gasteiger partial charge in [0.25, 0.3) is 0 Å². The van der Waals surface area contributed by atoms with Gasteiger partial charge in [-0.25, -0.2) is 0 Å². The molecular formula is C21H28O2. The van der Waals surface area contributed by atoms with E-state index in [2.05, 4.69) is 18.8 Å². The Kier molecular flexibility index (Phi) is 3.50. The fraction of sp³-hybridized carbons (Fsp3) is 0.762. The Bertz CT molecular complexity index is 621. The minimum Gasteiger partial charge on any atom is -0.377 e. The molecule has 2 heteroatoms. The number of carbonyl (C=O) groups excluding carboxylic acids is 1. The zero-order valence-electron chi connectivity index (χ0n) is 14.4. The molecule has 0 amide bonds. The maximum atomic E-state index is 11.7. The van der Waals surface area contributed by atoms with Gasteiger partial charge in [0.05, 0.1) is 0 Å². The highest BCUT2D eigenvalue weighted by molar-refractivity contribution is 5.91. The molecule has 0 saturated heterocycles. The molecule has 23 heavy (non-hydrogen) atoms. The molecule has 124 valence electrons. The lowest BCUT2D eigenvalue weighted by atomic mass is 9.50. The molecule has 3 fully saturated rings. The van der Waals surface area contributed by atoms with Crippen LogP contribution in [0.2, 0.25) is 0 Å². The summed E-state index contributed by atoms with van der Waals surface area (Å²) in [6.45, 7) is 4.14. The molecule has 4 aliphatic rings. The Morgan fingerprint density at radius 2 is 1.96 bits per heavy atom. The Hall–Kier alpha value is -1.07. The molecule has 3 saturated carbocycles. The third-order valence-corrected chi connectivity index (χ3v) is 7.78. The molecule has 4 aliphatic carbocycles. The Balaban J connectivity index is 1.65. The van der Waals surface area contributed by atoms with Crippen molar-refractivity contribution in [3.05, 3.63) is 11.6 Å². The fourth-order valence-corrected chi connectivity index (χ4v) is 6.61. The molecule has 6 atom stereocenters. The van der Waals surface area contributed by atoms with E-state index in [4.69, 9.17) is 0 Å². The van der Waals surface area contributed by atoms with Crippen LogP contribution in [0.3, 0.4) is 0 Å². The quantitative estimate of drug-likeness (QED) is 0.689. The van der Waals surface area contributed by atoms with Gasteiger partial charge in [-0.3, -0.25) is 4.79 Å². The first-order chi connectivity index (χ1) is 11.0. The van der Waals surface area contributed by atoms with Crippen LogP contribution in [0, 0.1) is 40.9 Å². The van der Waals surface area contributed by atoms with E-state index in [9.17, 15) is 9.90 Å². The van der Waals surface area contributed by atoms with Crippen molar-refractivity contribution < 1.29 is 9.90 Å². The maximum absolute atomic E-state index is 11.7. The van der Waals surface area contributed by atoms with E-state index in [1.165, 1.54) is 18.4 Å². The third-order valence-electron chi connectivity index (χ3n) is 7.78. The first-order valence-corrected chi connectivity index (χ1v) is 9.38. The van der Waals surface area contributed by atoms with E-state index in [0.29, 0.717) is 17.6 Å². The summed E-state index contributed by atoms with van der Waals surface area (Å²) in [7, 11) is 0. The number of fused-ring (bicyclic) bond motifs is 5.